The molecule has 1 aromatic rings. The molecule has 0 unspecified atom stereocenters. The first-order chi connectivity index (χ1) is 9.29. The van der Waals surface area contributed by atoms with E-state index in [0.29, 0.717) is 5.56 Å². The van der Waals surface area contributed by atoms with Crippen LogP contribution in [0, 0.1) is 16.7 Å². The Labute approximate surface area is 122 Å². The van der Waals surface area contributed by atoms with Gasteiger partial charge in [0.1, 0.15) is 11.9 Å². The fourth-order valence-electron chi connectivity index (χ4n) is 3.54. The van der Waals surface area contributed by atoms with E-state index in [4.69, 9.17) is 4.98 Å². The summed E-state index contributed by atoms with van der Waals surface area (Å²) in [6.45, 7) is 12.1. The fourth-order valence-corrected chi connectivity index (χ4v) is 3.54. The van der Waals surface area contributed by atoms with Crippen LogP contribution < -0.4 is 5.32 Å². The second-order valence-electron chi connectivity index (χ2n) is 7.32. The minimum absolute atomic E-state index is 0.0823. The van der Waals surface area contributed by atoms with E-state index in [1.807, 2.05) is 0 Å². The van der Waals surface area contributed by atoms with Gasteiger partial charge < -0.3 is 5.32 Å². The van der Waals surface area contributed by atoms with E-state index >= 15 is 0 Å². The molecule has 0 aliphatic heterocycles. The maximum atomic E-state index is 9.36. The molecule has 2 rings (SSSR count). The zero-order valence-corrected chi connectivity index (χ0v) is 13.3. The number of nitrogens with zero attached hydrogens (tertiary/aromatic N) is 2. The van der Waals surface area contributed by atoms with Crippen LogP contribution in [0.1, 0.15) is 64.3 Å². The molecule has 3 heteroatoms. The highest BCUT2D eigenvalue weighted by molar-refractivity contribution is 5.56. The minimum Gasteiger partial charge on any atom is -0.369 e. The summed E-state index contributed by atoms with van der Waals surface area (Å²) in [5.41, 5.74) is 3.42. The molecule has 1 aliphatic carbocycles. The summed E-state index contributed by atoms with van der Waals surface area (Å²) >= 11 is 0. The van der Waals surface area contributed by atoms with Gasteiger partial charge >= 0.3 is 0 Å². The van der Waals surface area contributed by atoms with Crippen LogP contribution in [0.2, 0.25) is 0 Å². The van der Waals surface area contributed by atoms with E-state index in [1.165, 1.54) is 5.56 Å². The Morgan fingerprint density at radius 1 is 1.35 bits per heavy atom. The van der Waals surface area contributed by atoms with Crippen molar-refractivity contribution in [2.24, 2.45) is 5.41 Å². The van der Waals surface area contributed by atoms with Crippen molar-refractivity contribution in [3.8, 4) is 6.07 Å². The van der Waals surface area contributed by atoms with E-state index in [-0.39, 0.29) is 10.8 Å². The highest BCUT2D eigenvalue weighted by atomic mass is 15.0. The maximum Gasteiger partial charge on any atom is 0.144 e. The second kappa shape index (κ2) is 5.09. The molecule has 0 bridgehead atoms. The van der Waals surface area contributed by atoms with Crippen LogP contribution in [0.4, 0.5) is 5.82 Å². The summed E-state index contributed by atoms with van der Waals surface area (Å²) in [5, 5.41) is 12.6. The standard InChI is InChI=1S/C17H25N3/c1-6-7-19-15-12(10-18)8-13-14(20-15)9-16(2,3)11-17(13,4)5/h8H,6-7,9,11H2,1-5H3,(H,19,20). The molecule has 20 heavy (non-hydrogen) atoms. The Bertz CT molecular complexity index is 550. The van der Waals surface area contributed by atoms with Gasteiger partial charge in [0.15, 0.2) is 0 Å². The average molecular weight is 271 g/mol. The van der Waals surface area contributed by atoms with Gasteiger partial charge in [-0.05, 0) is 41.7 Å². The summed E-state index contributed by atoms with van der Waals surface area (Å²) in [5.74, 6) is 0.751. The van der Waals surface area contributed by atoms with E-state index in [0.717, 1.165) is 37.3 Å². The lowest BCUT2D eigenvalue weighted by atomic mass is 9.64. The Morgan fingerprint density at radius 3 is 2.65 bits per heavy atom. The molecule has 0 amide bonds. The third kappa shape index (κ3) is 2.80. The van der Waals surface area contributed by atoms with Crippen LogP contribution in [0.25, 0.3) is 0 Å². The average Bonchev–Trinajstić information content (AvgIpc) is 2.33. The molecule has 0 aromatic carbocycles. The summed E-state index contributed by atoms with van der Waals surface area (Å²) in [6.07, 6.45) is 3.14. The van der Waals surface area contributed by atoms with Crippen LogP contribution in [0.3, 0.4) is 0 Å². The van der Waals surface area contributed by atoms with E-state index in [1.54, 1.807) is 0 Å². The van der Waals surface area contributed by atoms with Crippen molar-refractivity contribution < 1.29 is 0 Å². The highest BCUT2D eigenvalue weighted by Gasteiger charge is 2.38. The number of anilines is 1. The molecule has 108 valence electrons. The predicted molar refractivity (Wildman–Crippen MR) is 82.9 cm³/mol. The first kappa shape index (κ1) is 14.8. The number of hydrogen-bond donors (Lipinski definition) is 1. The van der Waals surface area contributed by atoms with Crippen LogP contribution in [-0.2, 0) is 11.8 Å². The topological polar surface area (TPSA) is 48.7 Å². The lowest BCUT2D eigenvalue weighted by Gasteiger charge is -2.41. The molecule has 1 N–H and O–H groups in total. The van der Waals surface area contributed by atoms with Crippen LogP contribution in [0.5, 0.6) is 0 Å². The number of fused-ring (bicyclic) bond motifs is 1. The van der Waals surface area contributed by atoms with E-state index in [2.05, 4.69) is 52.1 Å². The van der Waals surface area contributed by atoms with Crippen molar-refractivity contribution in [2.45, 2.75) is 59.3 Å². The van der Waals surface area contributed by atoms with Crippen molar-refractivity contribution in [1.82, 2.24) is 4.98 Å². The van der Waals surface area contributed by atoms with Crippen LogP contribution >= 0.6 is 0 Å². The van der Waals surface area contributed by atoms with Gasteiger partial charge in [0, 0.05) is 12.2 Å². The number of aromatic nitrogens is 1. The monoisotopic (exact) mass is 271 g/mol. The van der Waals surface area contributed by atoms with Crippen LogP contribution in [-0.4, -0.2) is 11.5 Å². The van der Waals surface area contributed by atoms with Gasteiger partial charge in [-0.1, -0.05) is 34.6 Å². The highest BCUT2D eigenvalue weighted by Crippen LogP contribution is 2.45. The summed E-state index contributed by atoms with van der Waals surface area (Å²) in [7, 11) is 0. The second-order valence-corrected chi connectivity index (χ2v) is 7.32. The first-order valence-corrected chi connectivity index (χ1v) is 7.47. The predicted octanol–water partition coefficient (Wildman–Crippen LogP) is 4.03. The third-order valence-electron chi connectivity index (χ3n) is 4.06. The molecule has 0 saturated carbocycles. The van der Waals surface area contributed by atoms with Crippen molar-refractivity contribution in [3.05, 3.63) is 22.9 Å². The molecule has 0 saturated heterocycles. The van der Waals surface area contributed by atoms with Crippen LogP contribution in [0.15, 0.2) is 6.07 Å². The van der Waals surface area contributed by atoms with Gasteiger partial charge in [0.2, 0.25) is 0 Å². The van der Waals surface area contributed by atoms with E-state index in [9.17, 15) is 5.26 Å². The molecule has 0 spiro atoms. The minimum atomic E-state index is 0.0823. The largest absolute Gasteiger partial charge is 0.369 e. The molecule has 0 radical (unpaired) electrons. The third-order valence-corrected chi connectivity index (χ3v) is 4.06. The van der Waals surface area contributed by atoms with Gasteiger partial charge in [-0.2, -0.15) is 5.26 Å². The number of rotatable bonds is 3. The normalized spacial score (nSPS) is 19.0. The Balaban J connectivity index is 2.51. The zero-order valence-electron chi connectivity index (χ0n) is 13.3. The van der Waals surface area contributed by atoms with Crippen molar-refractivity contribution >= 4 is 5.82 Å². The van der Waals surface area contributed by atoms with Gasteiger partial charge in [-0.3, -0.25) is 0 Å². The van der Waals surface area contributed by atoms with Gasteiger partial charge in [-0.25, -0.2) is 4.98 Å². The lowest BCUT2D eigenvalue weighted by Crippen LogP contribution is -2.35. The molecule has 3 nitrogen and oxygen atoms in total. The summed E-state index contributed by atoms with van der Waals surface area (Å²) in [4.78, 5) is 4.78. The van der Waals surface area contributed by atoms with E-state index < -0.39 is 0 Å². The molecular weight excluding hydrogens is 246 g/mol. The van der Waals surface area contributed by atoms with Gasteiger partial charge in [0.05, 0.1) is 5.56 Å². The molecule has 1 aromatic heterocycles. The molecular formula is C17H25N3. The zero-order chi connectivity index (χ0) is 15.0. The Kier molecular flexibility index (Phi) is 3.77. The first-order valence-electron chi connectivity index (χ1n) is 7.47. The summed E-state index contributed by atoms with van der Waals surface area (Å²) in [6, 6.07) is 4.34. The molecule has 1 aliphatic rings. The van der Waals surface area contributed by atoms with Crippen molar-refractivity contribution in [2.75, 3.05) is 11.9 Å². The lowest BCUT2D eigenvalue weighted by molar-refractivity contribution is 0.228. The quantitative estimate of drug-likeness (QED) is 0.903. The van der Waals surface area contributed by atoms with Crippen molar-refractivity contribution in [3.63, 3.8) is 0 Å². The summed E-state index contributed by atoms with van der Waals surface area (Å²) < 4.78 is 0. The molecule has 0 fully saturated rings. The SMILES string of the molecule is CCCNc1nc2c(cc1C#N)C(C)(C)CC(C)(C)C2. The fraction of sp³-hybridized carbons (Fsp3) is 0.647. The maximum absolute atomic E-state index is 9.36. The molecule has 0 atom stereocenters. The molecule has 1 heterocycles. The Hall–Kier alpha value is -1.56. The smallest absolute Gasteiger partial charge is 0.144 e. The van der Waals surface area contributed by atoms with Crippen molar-refractivity contribution in [1.29, 1.82) is 5.26 Å². The number of hydrogen-bond acceptors (Lipinski definition) is 3. The van der Waals surface area contributed by atoms with Gasteiger partial charge in [0.25, 0.3) is 0 Å². The number of pyridine rings is 1. The Morgan fingerprint density at radius 2 is 2.05 bits per heavy atom. The van der Waals surface area contributed by atoms with Gasteiger partial charge in [-0.15, -0.1) is 0 Å². The number of nitrogens with one attached hydrogen (secondary N) is 1. The number of nitriles is 1.